The first kappa shape index (κ1) is 11.9. The summed E-state index contributed by atoms with van der Waals surface area (Å²) in [4.78, 5) is 11.7. The molecule has 0 saturated carbocycles. The van der Waals surface area contributed by atoms with Crippen LogP contribution in [0.3, 0.4) is 0 Å². The molecular formula is C13H17NO3. The Balaban J connectivity index is 1.86. The van der Waals surface area contributed by atoms with E-state index in [0.717, 1.165) is 18.4 Å². The Bertz CT molecular complexity index is 386. The zero-order valence-electron chi connectivity index (χ0n) is 9.72. The summed E-state index contributed by atoms with van der Waals surface area (Å²) in [5, 5.41) is 0. The number of benzene rings is 1. The van der Waals surface area contributed by atoms with Crippen LogP contribution in [0, 0.1) is 0 Å². The normalized spacial score (nSPS) is 16.7. The number of rotatable bonds is 3. The number of carbonyl (C=O) groups excluding carboxylic acids is 1. The van der Waals surface area contributed by atoms with Crippen LogP contribution in [0.15, 0.2) is 24.3 Å². The van der Waals surface area contributed by atoms with Gasteiger partial charge in [0.1, 0.15) is 6.10 Å². The Morgan fingerprint density at radius 3 is 2.76 bits per heavy atom. The molecule has 0 atom stereocenters. The van der Waals surface area contributed by atoms with E-state index in [1.807, 2.05) is 18.2 Å². The topological polar surface area (TPSA) is 61.6 Å². The van der Waals surface area contributed by atoms with Gasteiger partial charge in [0.25, 0.3) is 0 Å². The molecule has 92 valence electrons. The fraction of sp³-hybridized carbons (Fsp3) is 0.462. The van der Waals surface area contributed by atoms with E-state index in [1.165, 1.54) is 0 Å². The van der Waals surface area contributed by atoms with E-state index in [9.17, 15) is 4.79 Å². The lowest BCUT2D eigenvalue weighted by atomic mass is 10.1. The summed E-state index contributed by atoms with van der Waals surface area (Å²) in [5.41, 5.74) is 7.23. The van der Waals surface area contributed by atoms with Gasteiger partial charge in [-0.2, -0.15) is 0 Å². The fourth-order valence-corrected chi connectivity index (χ4v) is 1.87. The summed E-state index contributed by atoms with van der Waals surface area (Å²) in [5.74, 6) is -0.213. The number of hydrogen-bond donors (Lipinski definition) is 1. The molecule has 0 spiro atoms. The Hall–Kier alpha value is -1.55. The van der Waals surface area contributed by atoms with E-state index in [0.29, 0.717) is 18.9 Å². The SMILES string of the molecule is Nc1ccccc1CC(=O)OC1CCOCC1. The molecule has 1 aromatic carbocycles. The highest BCUT2D eigenvalue weighted by atomic mass is 16.5. The third kappa shape index (κ3) is 3.46. The van der Waals surface area contributed by atoms with Crippen LogP contribution in [0.2, 0.25) is 0 Å². The lowest BCUT2D eigenvalue weighted by Crippen LogP contribution is -2.26. The van der Waals surface area contributed by atoms with Gasteiger partial charge >= 0.3 is 5.97 Å². The van der Waals surface area contributed by atoms with Crippen molar-refractivity contribution >= 4 is 11.7 Å². The van der Waals surface area contributed by atoms with Crippen LogP contribution in [-0.2, 0) is 20.7 Å². The zero-order chi connectivity index (χ0) is 12.1. The summed E-state index contributed by atoms with van der Waals surface area (Å²) in [6.07, 6.45) is 1.82. The first-order valence-corrected chi connectivity index (χ1v) is 5.86. The third-order valence-corrected chi connectivity index (χ3v) is 2.86. The quantitative estimate of drug-likeness (QED) is 0.637. The lowest BCUT2D eigenvalue weighted by Gasteiger charge is -2.22. The zero-order valence-corrected chi connectivity index (χ0v) is 9.72. The maximum atomic E-state index is 11.7. The average Bonchev–Trinajstić information content (AvgIpc) is 2.33. The number of nitrogen functional groups attached to an aromatic ring is 1. The van der Waals surface area contributed by atoms with Crippen molar-refractivity contribution in [2.24, 2.45) is 0 Å². The van der Waals surface area contributed by atoms with Gasteiger partial charge in [-0.25, -0.2) is 0 Å². The van der Waals surface area contributed by atoms with Gasteiger partial charge in [0.15, 0.2) is 0 Å². The van der Waals surface area contributed by atoms with Crippen molar-refractivity contribution < 1.29 is 14.3 Å². The highest BCUT2D eigenvalue weighted by molar-refractivity contribution is 5.75. The van der Waals surface area contributed by atoms with Crippen LogP contribution in [0.5, 0.6) is 0 Å². The van der Waals surface area contributed by atoms with Crippen LogP contribution in [0.1, 0.15) is 18.4 Å². The standard InChI is InChI=1S/C13H17NO3/c14-12-4-2-1-3-10(12)9-13(15)17-11-5-7-16-8-6-11/h1-4,11H,5-9,14H2. The summed E-state index contributed by atoms with van der Waals surface area (Å²) < 4.78 is 10.6. The molecule has 4 nitrogen and oxygen atoms in total. The Morgan fingerprint density at radius 2 is 2.06 bits per heavy atom. The minimum absolute atomic E-state index is 0.00110. The van der Waals surface area contributed by atoms with Crippen molar-refractivity contribution in [3.05, 3.63) is 29.8 Å². The van der Waals surface area contributed by atoms with Gasteiger partial charge < -0.3 is 15.2 Å². The maximum Gasteiger partial charge on any atom is 0.310 e. The first-order chi connectivity index (χ1) is 8.25. The summed E-state index contributed by atoms with van der Waals surface area (Å²) in [6.45, 7) is 1.34. The second-order valence-electron chi connectivity index (χ2n) is 4.18. The Kier molecular flexibility index (Phi) is 3.98. The molecule has 0 aliphatic carbocycles. The predicted octanol–water partition coefficient (Wildman–Crippen LogP) is 1.53. The van der Waals surface area contributed by atoms with Crippen LogP contribution < -0.4 is 5.73 Å². The number of ether oxygens (including phenoxy) is 2. The smallest absolute Gasteiger partial charge is 0.310 e. The molecule has 1 saturated heterocycles. The molecule has 1 aliphatic rings. The molecule has 17 heavy (non-hydrogen) atoms. The van der Waals surface area contributed by atoms with Crippen molar-refractivity contribution in [3.63, 3.8) is 0 Å². The Labute approximate surface area is 101 Å². The van der Waals surface area contributed by atoms with Crippen LogP contribution in [-0.4, -0.2) is 25.3 Å². The van der Waals surface area contributed by atoms with Crippen LogP contribution in [0.4, 0.5) is 5.69 Å². The van der Waals surface area contributed by atoms with Crippen molar-refractivity contribution in [2.75, 3.05) is 18.9 Å². The molecule has 1 aliphatic heterocycles. The average molecular weight is 235 g/mol. The van der Waals surface area contributed by atoms with Gasteiger partial charge in [-0.1, -0.05) is 18.2 Å². The van der Waals surface area contributed by atoms with E-state index in [4.69, 9.17) is 15.2 Å². The largest absolute Gasteiger partial charge is 0.462 e. The minimum atomic E-state index is -0.213. The van der Waals surface area contributed by atoms with Crippen molar-refractivity contribution in [2.45, 2.75) is 25.4 Å². The summed E-state index contributed by atoms with van der Waals surface area (Å²) >= 11 is 0. The monoisotopic (exact) mass is 235 g/mol. The van der Waals surface area contributed by atoms with E-state index in [1.54, 1.807) is 6.07 Å². The first-order valence-electron chi connectivity index (χ1n) is 5.86. The molecule has 4 heteroatoms. The van der Waals surface area contributed by atoms with Gasteiger partial charge in [-0.05, 0) is 11.6 Å². The van der Waals surface area contributed by atoms with Crippen LogP contribution in [0.25, 0.3) is 0 Å². The number of esters is 1. The minimum Gasteiger partial charge on any atom is -0.462 e. The Morgan fingerprint density at radius 1 is 1.35 bits per heavy atom. The summed E-state index contributed by atoms with van der Waals surface area (Å²) in [7, 11) is 0. The number of nitrogens with two attached hydrogens (primary N) is 1. The van der Waals surface area contributed by atoms with Gasteiger partial charge in [0.05, 0.1) is 19.6 Å². The number of para-hydroxylation sites is 1. The molecule has 0 aromatic heterocycles. The van der Waals surface area contributed by atoms with Gasteiger partial charge in [0, 0.05) is 18.5 Å². The van der Waals surface area contributed by atoms with E-state index >= 15 is 0 Å². The third-order valence-electron chi connectivity index (χ3n) is 2.86. The van der Waals surface area contributed by atoms with Gasteiger partial charge in [-0.15, -0.1) is 0 Å². The van der Waals surface area contributed by atoms with E-state index in [-0.39, 0.29) is 18.5 Å². The second-order valence-corrected chi connectivity index (χ2v) is 4.18. The van der Waals surface area contributed by atoms with E-state index < -0.39 is 0 Å². The molecule has 1 heterocycles. The predicted molar refractivity (Wildman–Crippen MR) is 64.5 cm³/mol. The van der Waals surface area contributed by atoms with Gasteiger partial charge in [-0.3, -0.25) is 4.79 Å². The van der Waals surface area contributed by atoms with E-state index in [2.05, 4.69) is 0 Å². The number of hydrogen-bond acceptors (Lipinski definition) is 4. The van der Waals surface area contributed by atoms with Crippen molar-refractivity contribution in [3.8, 4) is 0 Å². The fourth-order valence-electron chi connectivity index (χ4n) is 1.87. The molecule has 0 unspecified atom stereocenters. The number of anilines is 1. The highest BCUT2D eigenvalue weighted by Gasteiger charge is 2.18. The van der Waals surface area contributed by atoms with Crippen molar-refractivity contribution in [1.82, 2.24) is 0 Å². The molecule has 0 radical (unpaired) electrons. The molecule has 0 bridgehead atoms. The molecule has 2 N–H and O–H groups in total. The van der Waals surface area contributed by atoms with Crippen LogP contribution >= 0.6 is 0 Å². The molecule has 0 amide bonds. The maximum absolute atomic E-state index is 11.7. The van der Waals surface area contributed by atoms with Gasteiger partial charge in [0.2, 0.25) is 0 Å². The second kappa shape index (κ2) is 5.68. The molecule has 1 fully saturated rings. The highest BCUT2D eigenvalue weighted by Crippen LogP contribution is 2.15. The molecule has 2 rings (SSSR count). The molecule has 1 aromatic rings. The summed E-state index contributed by atoms with van der Waals surface area (Å²) in [6, 6.07) is 7.35. The number of carbonyl (C=O) groups is 1. The van der Waals surface area contributed by atoms with Crippen molar-refractivity contribution in [1.29, 1.82) is 0 Å². The molecular weight excluding hydrogens is 218 g/mol. The lowest BCUT2D eigenvalue weighted by molar-refractivity contribution is -0.152.